The molecule has 0 heterocycles. The van der Waals surface area contributed by atoms with Gasteiger partial charge in [0.25, 0.3) is 0 Å². The highest BCUT2D eigenvalue weighted by Crippen LogP contribution is 2.25. The van der Waals surface area contributed by atoms with Gasteiger partial charge in [0.05, 0.1) is 51.5 Å². The summed E-state index contributed by atoms with van der Waals surface area (Å²) in [5, 5.41) is 0. The predicted molar refractivity (Wildman–Crippen MR) is 108 cm³/mol. The summed E-state index contributed by atoms with van der Waals surface area (Å²) in [5.74, 6) is 0.0166. The molecule has 0 aromatic rings. The average molecular weight is 415 g/mol. The van der Waals surface area contributed by atoms with E-state index in [1.807, 2.05) is 0 Å². The number of ether oxygens (including phenoxy) is 5. The highest BCUT2D eigenvalue weighted by molar-refractivity contribution is 5.72. The molecule has 0 amide bonds. The molecule has 0 radical (unpaired) electrons. The van der Waals surface area contributed by atoms with Gasteiger partial charge in [0, 0.05) is 0 Å². The Labute approximate surface area is 174 Å². The van der Waals surface area contributed by atoms with Gasteiger partial charge in [-0.15, -0.1) is 0 Å². The fourth-order valence-electron chi connectivity index (χ4n) is 3.86. The molecule has 2 saturated carbocycles. The predicted octanol–water partition coefficient (Wildman–Crippen LogP) is 3.28. The first-order valence-electron chi connectivity index (χ1n) is 11.3. The SMILES string of the molecule is O=C(OCCOCCOCCOCCOC(=O)C1CCCCC1)C1CCCCC1. The Morgan fingerprint density at radius 3 is 1.14 bits per heavy atom. The van der Waals surface area contributed by atoms with Gasteiger partial charge in [0.2, 0.25) is 0 Å². The highest BCUT2D eigenvalue weighted by atomic mass is 16.6. The molecule has 2 aliphatic carbocycles. The molecule has 29 heavy (non-hydrogen) atoms. The zero-order valence-corrected chi connectivity index (χ0v) is 17.7. The maximum Gasteiger partial charge on any atom is 0.309 e. The number of esters is 2. The van der Waals surface area contributed by atoms with E-state index in [2.05, 4.69) is 0 Å². The van der Waals surface area contributed by atoms with E-state index in [1.54, 1.807) is 0 Å². The van der Waals surface area contributed by atoms with E-state index in [1.165, 1.54) is 12.8 Å². The van der Waals surface area contributed by atoms with Crippen molar-refractivity contribution in [2.24, 2.45) is 11.8 Å². The van der Waals surface area contributed by atoms with Crippen molar-refractivity contribution in [1.29, 1.82) is 0 Å². The number of carbonyl (C=O) groups is 2. The van der Waals surface area contributed by atoms with Crippen molar-refractivity contribution in [3.8, 4) is 0 Å². The van der Waals surface area contributed by atoms with Crippen LogP contribution in [0, 0.1) is 11.8 Å². The van der Waals surface area contributed by atoms with Crippen LogP contribution < -0.4 is 0 Å². The molecule has 0 spiro atoms. The van der Waals surface area contributed by atoms with Gasteiger partial charge in [-0.05, 0) is 25.7 Å². The Balaban J connectivity index is 1.29. The zero-order chi connectivity index (χ0) is 20.6. The first-order valence-corrected chi connectivity index (χ1v) is 11.3. The number of hydrogen-bond donors (Lipinski definition) is 0. The molecule has 2 fully saturated rings. The molecule has 0 aromatic heterocycles. The van der Waals surface area contributed by atoms with E-state index in [-0.39, 0.29) is 23.8 Å². The van der Waals surface area contributed by atoms with E-state index in [9.17, 15) is 9.59 Å². The average Bonchev–Trinajstić information content (AvgIpc) is 2.77. The standard InChI is InChI=1S/C22H38O7/c23-21(19-7-3-1-4-8-19)28-17-15-26-13-11-25-12-14-27-16-18-29-22(24)20-9-5-2-6-10-20/h19-20H,1-18H2. The van der Waals surface area contributed by atoms with Gasteiger partial charge >= 0.3 is 11.9 Å². The number of hydrogen-bond acceptors (Lipinski definition) is 7. The van der Waals surface area contributed by atoms with Crippen LogP contribution in [0.4, 0.5) is 0 Å². The Morgan fingerprint density at radius 2 is 0.793 bits per heavy atom. The van der Waals surface area contributed by atoms with Gasteiger partial charge in [-0.1, -0.05) is 38.5 Å². The van der Waals surface area contributed by atoms with Crippen LogP contribution in [-0.4, -0.2) is 64.8 Å². The number of rotatable bonds is 14. The largest absolute Gasteiger partial charge is 0.463 e. The molecular weight excluding hydrogens is 376 g/mol. The molecule has 0 atom stereocenters. The molecule has 7 nitrogen and oxygen atoms in total. The lowest BCUT2D eigenvalue weighted by Crippen LogP contribution is -2.22. The minimum absolute atomic E-state index is 0.0777. The van der Waals surface area contributed by atoms with Crippen molar-refractivity contribution in [1.82, 2.24) is 0 Å². The third kappa shape index (κ3) is 11.0. The third-order valence-corrected chi connectivity index (χ3v) is 5.57. The quantitative estimate of drug-likeness (QED) is 0.319. The van der Waals surface area contributed by atoms with E-state index in [4.69, 9.17) is 23.7 Å². The molecule has 7 heteroatoms. The second kappa shape index (κ2) is 15.6. The van der Waals surface area contributed by atoms with Crippen LogP contribution >= 0.6 is 0 Å². The molecule has 0 unspecified atom stereocenters. The van der Waals surface area contributed by atoms with Crippen LogP contribution in [-0.2, 0) is 33.3 Å². The van der Waals surface area contributed by atoms with Gasteiger partial charge in [0.1, 0.15) is 13.2 Å². The summed E-state index contributed by atoms with van der Waals surface area (Å²) in [4.78, 5) is 23.7. The fourth-order valence-corrected chi connectivity index (χ4v) is 3.86. The van der Waals surface area contributed by atoms with Crippen molar-refractivity contribution < 1.29 is 33.3 Å². The topological polar surface area (TPSA) is 80.3 Å². The fraction of sp³-hybridized carbons (Fsp3) is 0.909. The molecule has 0 saturated heterocycles. The summed E-state index contributed by atoms with van der Waals surface area (Å²) in [6, 6.07) is 0. The van der Waals surface area contributed by atoms with Crippen molar-refractivity contribution in [3.05, 3.63) is 0 Å². The van der Waals surface area contributed by atoms with Gasteiger partial charge in [-0.3, -0.25) is 9.59 Å². The van der Waals surface area contributed by atoms with E-state index in [0.29, 0.717) is 52.9 Å². The van der Waals surface area contributed by atoms with Crippen molar-refractivity contribution >= 4 is 11.9 Å². The maximum atomic E-state index is 11.9. The van der Waals surface area contributed by atoms with Crippen molar-refractivity contribution in [2.75, 3.05) is 52.9 Å². The van der Waals surface area contributed by atoms with Crippen molar-refractivity contribution in [3.63, 3.8) is 0 Å². The van der Waals surface area contributed by atoms with E-state index in [0.717, 1.165) is 51.4 Å². The monoisotopic (exact) mass is 414 g/mol. The Hall–Kier alpha value is -1.18. The Bertz CT molecular complexity index is 402. The molecule has 0 aliphatic heterocycles. The smallest absolute Gasteiger partial charge is 0.309 e. The van der Waals surface area contributed by atoms with Crippen LogP contribution in [0.25, 0.3) is 0 Å². The summed E-state index contributed by atoms with van der Waals surface area (Å²) in [6.45, 7) is 3.25. The lowest BCUT2D eigenvalue weighted by atomic mass is 9.89. The molecule has 0 bridgehead atoms. The Kier molecular flexibility index (Phi) is 13.0. The highest BCUT2D eigenvalue weighted by Gasteiger charge is 2.23. The molecule has 0 N–H and O–H groups in total. The Morgan fingerprint density at radius 1 is 0.483 bits per heavy atom. The minimum Gasteiger partial charge on any atom is -0.463 e. The summed E-state index contributed by atoms with van der Waals surface area (Å²) < 4.78 is 26.7. The summed E-state index contributed by atoms with van der Waals surface area (Å²) >= 11 is 0. The summed E-state index contributed by atoms with van der Waals surface area (Å²) in [5.41, 5.74) is 0. The van der Waals surface area contributed by atoms with E-state index < -0.39 is 0 Å². The first-order chi connectivity index (χ1) is 14.3. The lowest BCUT2D eigenvalue weighted by Gasteiger charge is -2.19. The normalized spacial score (nSPS) is 18.5. The molecule has 2 rings (SSSR count). The van der Waals surface area contributed by atoms with Gasteiger partial charge in [-0.25, -0.2) is 0 Å². The molecule has 168 valence electrons. The summed E-state index contributed by atoms with van der Waals surface area (Å²) in [7, 11) is 0. The van der Waals surface area contributed by atoms with Crippen LogP contribution in [0.2, 0.25) is 0 Å². The van der Waals surface area contributed by atoms with Gasteiger partial charge in [-0.2, -0.15) is 0 Å². The van der Waals surface area contributed by atoms with Crippen LogP contribution in [0.1, 0.15) is 64.2 Å². The molecular formula is C22H38O7. The van der Waals surface area contributed by atoms with Gasteiger partial charge < -0.3 is 23.7 Å². The molecule has 0 aromatic carbocycles. The van der Waals surface area contributed by atoms with Crippen molar-refractivity contribution in [2.45, 2.75) is 64.2 Å². The summed E-state index contributed by atoms with van der Waals surface area (Å²) in [6.07, 6.45) is 10.8. The molecule has 2 aliphatic rings. The van der Waals surface area contributed by atoms with Crippen LogP contribution in [0.5, 0.6) is 0 Å². The van der Waals surface area contributed by atoms with Crippen LogP contribution in [0.15, 0.2) is 0 Å². The first kappa shape index (κ1) is 24.1. The second-order valence-electron chi connectivity index (χ2n) is 7.84. The third-order valence-electron chi connectivity index (χ3n) is 5.57. The van der Waals surface area contributed by atoms with E-state index >= 15 is 0 Å². The minimum atomic E-state index is -0.0777. The van der Waals surface area contributed by atoms with Crippen LogP contribution in [0.3, 0.4) is 0 Å². The zero-order valence-electron chi connectivity index (χ0n) is 17.7. The second-order valence-corrected chi connectivity index (χ2v) is 7.84. The lowest BCUT2D eigenvalue weighted by molar-refractivity contribution is -0.151. The maximum absolute atomic E-state index is 11.9. The van der Waals surface area contributed by atoms with Gasteiger partial charge in [0.15, 0.2) is 0 Å². The number of carbonyl (C=O) groups excluding carboxylic acids is 2.